The molecule has 2 N–H and O–H groups in total. The summed E-state index contributed by atoms with van der Waals surface area (Å²) >= 11 is 0. The van der Waals surface area contributed by atoms with Crippen LogP contribution in [0.25, 0.3) is 0 Å². The lowest BCUT2D eigenvalue weighted by molar-refractivity contribution is -0.137. The van der Waals surface area contributed by atoms with Gasteiger partial charge in [0.2, 0.25) is 0 Å². The Labute approximate surface area is 182 Å². The molecule has 0 aromatic heterocycles. The Balaban J connectivity index is 0.00000392. The molecule has 1 aliphatic heterocycles. The predicted octanol–water partition coefficient (Wildman–Crippen LogP) is 3.14. The fourth-order valence-electron chi connectivity index (χ4n) is 3.16. The number of halogens is 4. The van der Waals surface area contributed by atoms with Crippen LogP contribution < -0.4 is 10.6 Å². The summed E-state index contributed by atoms with van der Waals surface area (Å²) in [5.74, 6) is 0.690. The zero-order valence-corrected chi connectivity index (χ0v) is 18.9. The Kier molecular flexibility index (Phi) is 10.5. The third-order valence-electron chi connectivity index (χ3n) is 4.76. The monoisotopic (exact) mass is 514 g/mol. The highest BCUT2D eigenvalue weighted by molar-refractivity contribution is 14.0. The number of morpholine rings is 1. The lowest BCUT2D eigenvalue weighted by Crippen LogP contribution is -2.53. The summed E-state index contributed by atoms with van der Waals surface area (Å²) in [5, 5.41) is 6.52. The van der Waals surface area contributed by atoms with Gasteiger partial charge in [-0.15, -0.1) is 24.0 Å². The van der Waals surface area contributed by atoms with Gasteiger partial charge in [0.15, 0.2) is 5.96 Å². The van der Waals surface area contributed by atoms with Gasteiger partial charge in [-0.2, -0.15) is 13.2 Å². The van der Waals surface area contributed by atoms with Crippen molar-refractivity contribution < 1.29 is 17.9 Å². The molecule has 0 saturated carbocycles. The van der Waals surface area contributed by atoms with Crippen LogP contribution in [0.1, 0.15) is 25.0 Å². The number of alkyl halides is 3. The number of nitrogens with one attached hydrogen (secondary N) is 2. The second-order valence-corrected chi connectivity index (χ2v) is 6.84. The molecule has 1 heterocycles. The van der Waals surface area contributed by atoms with Crippen LogP contribution >= 0.6 is 24.0 Å². The van der Waals surface area contributed by atoms with Gasteiger partial charge in [-0.25, -0.2) is 0 Å². The quantitative estimate of drug-likeness (QED) is 0.348. The van der Waals surface area contributed by atoms with Gasteiger partial charge >= 0.3 is 6.18 Å². The molecule has 160 valence electrons. The van der Waals surface area contributed by atoms with Crippen LogP contribution in [0.2, 0.25) is 0 Å². The number of nitrogens with zero attached hydrogens (tertiary/aromatic N) is 2. The maximum atomic E-state index is 12.6. The van der Waals surface area contributed by atoms with Crippen molar-refractivity contribution in [3.8, 4) is 0 Å². The summed E-state index contributed by atoms with van der Waals surface area (Å²) in [6.07, 6.45) is -3.67. The number of guanidine groups is 1. The molecule has 2 unspecified atom stereocenters. The molecule has 5 nitrogen and oxygen atoms in total. The molecule has 2 rings (SSSR count). The SMILES string of the molecule is CN=C(NCCc1ccc(C(F)(F)F)cc1)NCC(C)N1CCOCC1C.I. The average Bonchev–Trinajstić information content (AvgIpc) is 2.64. The third-order valence-corrected chi connectivity index (χ3v) is 4.76. The molecular formula is C19H30F3IN4O. The number of hydrogen-bond donors (Lipinski definition) is 2. The Morgan fingerprint density at radius 2 is 1.96 bits per heavy atom. The van der Waals surface area contributed by atoms with Crippen molar-refractivity contribution in [2.24, 2.45) is 4.99 Å². The summed E-state index contributed by atoms with van der Waals surface area (Å²) < 4.78 is 43.2. The van der Waals surface area contributed by atoms with Crippen LogP contribution in [0.3, 0.4) is 0 Å². The van der Waals surface area contributed by atoms with Crippen molar-refractivity contribution in [3.05, 3.63) is 35.4 Å². The fraction of sp³-hybridized carbons (Fsp3) is 0.632. The Hall–Kier alpha value is -1.07. The van der Waals surface area contributed by atoms with Gasteiger partial charge in [0.1, 0.15) is 0 Å². The molecule has 0 amide bonds. The first kappa shape index (κ1) is 25.0. The Morgan fingerprint density at radius 1 is 1.29 bits per heavy atom. The van der Waals surface area contributed by atoms with E-state index in [9.17, 15) is 13.2 Å². The standard InChI is InChI=1S/C19H29F3N4O.HI/c1-14(26-10-11-27-13-15(26)2)12-25-18(23-3)24-9-8-16-4-6-17(7-5-16)19(20,21)22;/h4-7,14-15H,8-13H2,1-3H3,(H2,23,24,25);1H. The van der Waals surface area contributed by atoms with Crippen molar-refractivity contribution in [2.75, 3.05) is 39.9 Å². The number of ether oxygens (including phenoxy) is 1. The molecule has 2 atom stereocenters. The summed E-state index contributed by atoms with van der Waals surface area (Å²) in [7, 11) is 1.70. The highest BCUT2D eigenvalue weighted by atomic mass is 127. The van der Waals surface area contributed by atoms with Crippen LogP contribution in [0.15, 0.2) is 29.3 Å². The zero-order valence-electron chi connectivity index (χ0n) is 16.6. The number of hydrogen-bond acceptors (Lipinski definition) is 3. The van der Waals surface area contributed by atoms with Gasteiger partial charge in [0.05, 0.1) is 18.8 Å². The van der Waals surface area contributed by atoms with E-state index < -0.39 is 11.7 Å². The van der Waals surface area contributed by atoms with Crippen LogP contribution in [0, 0.1) is 0 Å². The first-order valence-electron chi connectivity index (χ1n) is 9.25. The van der Waals surface area contributed by atoms with Gasteiger partial charge in [0, 0.05) is 38.8 Å². The molecular weight excluding hydrogens is 484 g/mol. The third kappa shape index (κ3) is 7.75. The van der Waals surface area contributed by atoms with Crippen molar-refractivity contribution in [1.82, 2.24) is 15.5 Å². The molecule has 0 radical (unpaired) electrons. The van der Waals surface area contributed by atoms with E-state index in [1.54, 1.807) is 7.05 Å². The number of aliphatic imine (C=N–C) groups is 1. The number of benzene rings is 1. The van der Waals surface area contributed by atoms with E-state index in [0.29, 0.717) is 31.0 Å². The van der Waals surface area contributed by atoms with E-state index in [1.165, 1.54) is 12.1 Å². The van der Waals surface area contributed by atoms with Crippen molar-refractivity contribution in [3.63, 3.8) is 0 Å². The molecule has 0 bridgehead atoms. The first-order valence-corrected chi connectivity index (χ1v) is 9.25. The van der Waals surface area contributed by atoms with E-state index in [1.807, 2.05) is 0 Å². The molecule has 1 aliphatic rings. The average molecular weight is 514 g/mol. The van der Waals surface area contributed by atoms with E-state index in [2.05, 4.69) is 34.4 Å². The van der Waals surface area contributed by atoms with Crippen LogP contribution in [-0.2, 0) is 17.3 Å². The maximum absolute atomic E-state index is 12.6. The van der Waals surface area contributed by atoms with E-state index in [4.69, 9.17) is 4.74 Å². The van der Waals surface area contributed by atoms with Gasteiger partial charge in [0.25, 0.3) is 0 Å². The van der Waals surface area contributed by atoms with Gasteiger partial charge in [-0.1, -0.05) is 12.1 Å². The highest BCUT2D eigenvalue weighted by Gasteiger charge is 2.29. The first-order chi connectivity index (χ1) is 12.8. The minimum absolute atomic E-state index is 0. The van der Waals surface area contributed by atoms with Crippen LogP contribution in [0.5, 0.6) is 0 Å². The van der Waals surface area contributed by atoms with Crippen LogP contribution in [0.4, 0.5) is 13.2 Å². The highest BCUT2D eigenvalue weighted by Crippen LogP contribution is 2.29. The van der Waals surface area contributed by atoms with Crippen molar-refractivity contribution >= 4 is 29.9 Å². The van der Waals surface area contributed by atoms with E-state index in [-0.39, 0.29) is 24.0 Å². The second-order valence-electron chi connectivity index (χ2n) is 6.84. The molecule has 1 saturated heterocycles. The van der Waals surface area contributed by atoms with Gasteiger partial charge in [-0.3, -0.25) is 9.89 Å². The lowest BCUT2D eigenvalue weighted by atomic mass is 10.1. The summed E-state index contributed by atoms with van der Waals surface area (Å²) in [6, 6.07) is 6.01. The van der Waals surface area contributed by atoms with E-state index in [0.717, 1.165) is 44.0 Å². The topological polar surface area (TPSA) is 48.9 Å². The normalized spacial score (nSPS) is 19.6. The minimum atomic E-state index is -4.29. The molecule has 28 heavy (non-hydrogen) atoms. The molecule has 0 spiro atoms. The van der Waals surface area contributed by atoms with E-state index >= 15 is 0 Å². The molecule has 1 aromatic carbocycles. The van der Waals surface area contributed by atoms with Gasteiger partial charge < -0.3 is 15.4 Å². The molecule has 9 heteroatoms. The Bertz CT molecular complexity index is 610. The lowest BCUT2D eigenvalue weighted by Gasteiger charge is -2.38. The maximum Gasteiger partial charge on any atom is 0.416 e. The predicted molar refractivity (Wildman–Crippen MR) is 116 cm³/mol. The molecule has 1 aromatic rings. The molecule has 1 fully saturated rings. The fourth-order valence-corrected chi connectivity index (χ4v) is 3.16. The summed E-state index contributed by atoms with van der Waals surface area (Å²) in [5.41, 5.74) is 0.226. The summed E-state index contributed by atoms with van der Waals surface area (Å²) in [4.78, 5) is 6.61. The summed E-state index contributed by atoms with van der Waals surface area (Å²) in [6.45, 7) is 8.11. The van der Waals surface area contributed by atoms with Crippen molar-refractivity contribution in [1.29, 1.82) is 0 Å². The smallest absolute Gasteiger partial charge is 0.379 e. The molecule has 0 aliphatic carbocycles. The largest absolute Gasteiger partial charge is 0.416 e. The number of rotatable bonds is 6. The van der Waals surface area contributed by atoms with Crippen molar-refractivity contribution in [2.45, 2.75) is 38.5 Å². The van der Waals surface area contributed by atoms with Crippen LogP contribution in [-0.4, -0.2) is 62.8 Å². The Morgan fingerprint density at radius 3 is 2.54 bits per heavy atom. The zero-order chi connectivity index (χ0) is 19.9. The van der Waals surface area contributed by atoms with Gasteiger partial charge in [-0.05, 0) is 38.0 Å². The second kappa shape index (κ2) is 11.8. The minimum Gasteiger partial charge on any atom is -0.379 e.